The van der Waals surface area contributed by atoms with Crippen molar-refractivity contribution >= 4 is 211 Å². The van der Waals surface area contributed by atoms with Crippen LogP contribution in [0.1, 0.15) is 0 Å². The average molecular weight is 1900 g/mol. The molecule has 30 rings (SSSR count). The van der Waals surface area contributed by atoms with Crippen molar-refractivity contribution in [2.24, 2.45) is 0 Å². The molecule has 0 amide bonds. The molecule has 148 heavy (non-hydrogen) atoms. The molecule has 12 nitrogen and oxygen atoms in total. The van der Waals surface area contributed by atoms with Gasteiger partial charge in [0.2, 0.25) is 0 Å². The van der Waals surface area contributed by atoms with Crippen molar-refractivity contribution in [2.45, 2.75) is 0 Å². The minimum atomic E-state index is 0.777. The molecule has 698 valence electrons. The Labute approximate surface area is 852 Å². The first-order chi connectivity index (χ1) is 73.3. The Hall–Kier alpha value is -20.1. The zero-order valence-electron chi connectivity index (χ0n) is 79.9. The van der Waals surface area contributed by atoms with Crippen LogP contribution in [-0.2, 0) is 0 Å². The van der Waals surface area contributed by atoms with Crippen LogP contribution in [0.25, 0.3) is 131 Å². The molecule has 0 fully saturated rings. The number of furan rings is 3. The molecule has 0 N–H and O–H groups in total. The quantitative estimate of drug-likeness (QED) is 0.0972. The van der Waals surface area contributed by atoms with Crippen LogP contribution >= 0.6 is 0 Å². The lowest BCUT2D eigenvalue weighted by Crippen LogP contribution is -2.16. The Bertz CT molecular complexity index is 9840. The van der Waals surface area contributed by atoms with Gasteiger partial charge >= 0.3 is 0 Å². The van der Waals surface area contributed by atoms with Gasteiger partial charge < -0.3 is 56.9 Å². The van der Waals surface area contributed by atoms with Crippen molar-refractivity contribution in [1.29, 1.82) is 0 Å². The standard InChI is InChI=1S/2C46H30N2O2.C44H28N2O2/c1-2-13-33(14-3-1)47(34-23-21-32(22-24-34)38-17-10-12-31-11-4-5-15-37(31)38)35-26-28-42-46(30-35)50-44-20-9-7-18-41(44)48(42)36-25-27-40-39-16-6-8-19-43(39)49-45(40)29-36;1-2-12-35(13-3-1)47(36-22-20-32(21-23-36)34-19-18-31-10-4-5-11-33(31)28-34)37-25-27-42-46(30-37)50-44-17-9-7-15-41(44)48(42)38-24-26-40-39-14-6-8-16-43(39)49-45(40)29-38;1-2-11-31(12-3-1)45(32-20-23-36-30(26-32)19-18-29-10-4-5-13-35(29)36)33-22-25-40-44(28-33)48-42-17-9-7-15-39(42)46(40)34-21-24-38-37-14-6-8-16-41(37)47-43(38)27-34/h2*1-30H;1-28H. The lowest BCUT2D eigenvalue weighted by Gasteiger charge is -2.34. The molecule has 0 saturated heterocycles. The number of ether oxygens (including phenoxy) is 3. The first-order valence-electron chi connectivity index (χ1n) is 49.9. The molecule has 0 spiro atoms. The van der Waals surface area contributed by atoms with Crippen LogP contribution in [0.15, 0.2) is 547 Å². The molecule has 3 aromatic heterocycles. The summed E-state index contributed by atoms with van der Waals surface area (Å²) < 4.78 is 38.9. The Balaban J connectivity index is 0.000000107. The van der Waals surface area contributed by atoms with Crippen LogP contribution in [-0.4, -0.2) is 0 Å². The van der Waals surface area contributed by atoms with Gasteiger partial charge in [0.1, 0.15) is 33.5 Å². The maximum Gasteiger partial charge on any atom is 0.153 e. The van der Waals surface area contributed by atoms with Crippen LogP contribution < -0.4 is 43.6 Å². The molecule has 0 bridgehead atoms. The smallest absolute Gasteiger partial charge is 0.153 e. The zero-order valence-corrected chi connectivity index (χ0v) is 79.9. The van der Waals surface area contributed by atoms with Gasteiger partial charge in [0.05, 0.1) is 51.2 Å². The van der Waals surface area contributed by atoms with Gasteiger partial charge in [0.15, 0.2) is 34.5 Å². The topological polar surface area (TPSA) is 86.6 Å². The maximum atomic E-state index is 6.65. The van der Waals surface area contributed by atoms with Crippen molar-refractivity contribution in [2.75, 3.05) is 29.4 Å². The number of nitrogens with zero attached hydrogens (tertiary/aromatic N) is 6. The summed E-state index contributed by atoms with van der Waals surface area (Å²) in [7, 11) is 0. The molecule has 3 aliphatic heterocycles. The van der Waals surface area contributed by atoms with E-state index in [9.17, 15) is 0 Å². The summed E-state index contributed by atoms with van der Waals surface area (Å²) >= 11 is 0. The normalized spacial score (nSPS) is 12.2. The fraction of sp³-hybridized carbons (Fsp3) is 0. The van der Waals surface area contributed by atoms with Crippen molar-refractivity contribution in [3.05, 3.63) is 534 Å². The number of hydrogen-bond donors (Lipinski definition) is 0. The van der Waals surface area contributed by atoms with Crippen LogP contribution in [0.5, 0.6) is 34.5 Å². The molecule has 12 heteroatoms. The van der Waals surface area contributed by atoms with Crippen molar-refractivity contribution in [3.63, 3.8) is 0 Å². The van der Waals surface area contributed by atoms with Crippen LogP contribution in [0, 0.1) is 0 Å². The first kappa shape index (κ1) is 85.9. The molecule has 0 radical (unpaired) electrons. The molecular weight excluding hydrogens is 1810 g/mol. The number of hydrogen-bond acceptors (Lipinski definition) is 12. The molecule has 0 aliphatic carbocycles. The average Bonchev–Trinajstić information content (AvgIpc) is 1.42. The third kappa shape index (κ3) is 15.3. The lowest BCUT2D eigenvalue weighted by molar-refractivity contribution is 0.477. The van der Waals surface area contributed by atoms with Gasteiger partial charge in [-0.05, 0) is 272 Å². The summed E-state index contributed by atoms with van der Waals surface area (Å²) in [5.41, 5.74) is 28.3. The van der Waals surface area contributed by atoms with Gasteiger partial charge in [-0.1, -0.05) is 291 Å². The monoisotopic (exact) mass is 1900 g/mol. The van der Waals surface area contributed by atoms with Gasteiger partial charge in [0, 0.05) is 120 Å². The fourth-order valence-electron chi connectivity index (χ4n) is 21.7. The van der Waals surface area contributed by atoms with E-state index in [0.29, 0.717) is 0 Å². The van der Waals surface area contributed by atoms with Crippen LogP contribution in [0.4, 0.5) is 102 Å². The second-order valence-corrected chi connectivity index (χ2v) is 37.4. The molecule has 6 heterocycles. The zero-order chi connectivity index (χ0) is 97.6. The van der Waals surface area contributed by atoms with Gasteiger partial charge in [-0.3, -0.25) is 0 Å². The van der Waals surface area contributed by atoms with E-state index in [1.54, 1.807) is 0 Å². The predicted octanol–water partition coefficient (Wildman–Crippen LogP) is 39.8. The third-order valence-electron chi connectivity index (χ3n) is 28.6. The minimum Gasteiger partial charge on any atom is -0.456 e. The highest BCUT2D eigenvalue weighted by Crippen LogP contribution is 2.58. The Morgan fingerprint density at radius 2 is 0.432 bits per heavy atom. The van der Waals surface area contributed by atoms with Gasteiger partial charge in [-0.15, -0.1) is 0 Å². The van der Waals surface area contributed by atoms with E-state index < -0.39 is 0 Å². The largest absolute Gasteiger partial charge is 0.456 e. The van der Waals surface area contributed by atoms with E-state index in [0.717, 1.165) is 203 Å². The van der Waals surface area contributed by atoms with E-state index in [-0.39, 0.29) is 0 Å². The van der Waals surface area contributed by atoms with Crippen molar-refractivity contribution < 1.29 is 27.5 Å². The summed E-state index contributed by atoms with van der Waals surface area (Å²) in [6, 6.07) is 187. The fourth-order valence-corrected chi connectivity index (χ4v) is 21.7. The Morgan fingerprint density at radius 1 is 0.142 bits per heavy atom. The molecule has 0 atom stereocenters. The van der Waals surface area contributed by atoms with Crippen LogP contribution in [0.3, 0.4) is 0 Å². The van der Waals surface area contributed by atoms with E-state index in [1.165, 1.54) is 65.3 Å². The number of benzene rings is 24. The highest BCUT2D eigenvalue weighted by molar-refractivity contribution is 6.12. The number of rotatable bonds is 14. The highest BCUT2D eigenvalue weighted by Gasteiger charge is 2.34. The molecule has 3 aliphatic rings. The third-order valence-corrected chi connectivity index (χ3v) is 28.6. The molecule has 0 saturated carbocycles. The summed E-state index contributed by atoms with van der Waals surface area (Å²) in [4.78, 5) is 13.6. The maximum absolute atomic E-state index is 6.65. The number of anilines is 18. The Morgan fingerprint density at radius 3 is 0.885 bits per heavy atom. The van der Waals surface area contributed by atoms with Gasteiger partial charge in [-0.2, -0.15) is 0 Å². The summed E-state index contributed by atoms with van der Waals surface area (Å²) in [5.74, 6) is 4.73. The number of para-hydroxylation sites is 12. The number of fused-ring (bicyclic) bond motifs is 20. The van der Waals surface area contributed by atoms with E-state index in [1.807, 2.05) is 97.1 Å². The molecular formula is C136H88N6O6. The minimum absolute atomic E-state index is 0.777. The van der Waals surface area contributed by atoms with Crippen molar-refractivity contribution in [3.8, 4) is 56.8 Å². The first-order valence-corrected chi connectivity index (χ1v) is 49.9. The van der Waals surface area contributed by atoms with Gasteiger partial charge in [-0.25, -0.2) is 0 Å². The second-order valence-electron chi connectivity index (χ2n) is 37.4. The summed E-state index contributed by atoms with van der Waals surface area (Å²) in [5, 5.41) is 16.6. The van der Waals surface area contributed by atoms with E-state index >= 15 is 0 Å². The second kappa shape index (κ2) is 36.2. The van der Waals surface area contributed by atoms with Crippen molar-refractivity contribution in [1.82, 2.24) is 0 Å². The van der Waals surface area contributed by atoms with E-state index in [4.69, 9.17) is 27.5 Å². The lowest BCUT2D eigenvalue weighted by atomic mass is 9.98. The Kier molecular flexibility index (Phi) is 21.0. The summed E-state index contributed by atoms with van der Waals surface area (Å²) in [6.07, 6.45) is 0. The molecule has 0 unspecified atom stereocenters. The highest BCUT2D eigenvalue weighted by atomic mass is 16.5. The molecule has 27 aromatic rings. The summed E-state index contributed by atoms with van der Waals surface area (Å²) in [6.45, 7) is 0. The molecule has 24 aromatic carbocycles. The predicted molar refractivity (Wildman–Crippen MR) is 610 cm³/mol. The SMILES string of the molecule is c1ccc(N(c2ccc(-c3ccc4ccccc4c3)cc2)c2ccc3c(c2)Oc2ccccc2N3c2ccc3c(c2)oc2ccccc23)cc1.c1ccc(N(c2ccc(-c3cccc4ccccc34)cc2)c2ccc3c(c2)Oc2ccccc2N3c2ccc3c(c2)oc2ccccc23)cc1.c1ccc(N(c2ccc3c(c2)Oc2ccccc2N3c2ccc3c(c2)oc2ccccc23)c2ccc3c(ccc4ccccc43)c2)cc1. The van der Waals surface area contributed by atoms with Gasteiger partial charge in [0.25, 0.3) is 0 Å². The van der Waals surface area contributed by atoms with E-state index in [2.05, 4.69) is 466 Å². The van der Waals surface area contributed by atoms with Crippen LogP contribution in [0.2, 0.25) is 0 Å².